The molecule has 3 heteroatoms. The second-order valence-electron chi connectivity index (χ2n) is 6.56. The van der Waals surface area contributed by atoms with Crippen molar-refractivity contribution in [1.29, 1.82) is 0 Å². The monoisotopic (exact) mass is 265 g/mol. The molecule has 0 aliphatic rings. The fourth-order valence-corrected chi connectivity index (χ4v) is 2.56. The van der Waals surface area contributed by atoms with Crippen LogP contribution in [0, 0.1) is 19.3 Å². The van der Waals surface area contributed by atoms with Gasteiger partial charge >= 0.3 is 0 Å². The van der Waals surface area contributed by atoms with Gasteiger partial charge in [0.15, 0.2) is 0 Å². The lowest BCUT2D eigenvalue weighted by molar-refractivity contribution is 0.234. The van der Waals surface area contributed by atoms with Crippen LogP contribution < -0.4 is 5.32 Å². The van der Waals surface area contributed by atoms with E-state index in [1.54, 1.807) is 0 Å². The lowest BCUT2D eigenvalue weighted by Gasteiger charge is -2.32. The molecule has 1 heterocycles. The molecule has 1 aromatic rings. The minimum atomic E-state index is 0.244. The third kappa shape index (κ3) is 4.07. The molecule has 0 amide bonds. The van der Waals surface area contributed by atoms with Crippen LogP contribution in [0.5, 0.6) is 0 Å². The van der Waals surface area contributed by atoms with Gasteiger partial charge in [-0.2, -0.15) is 5.10 Å². The number of nitrogens with zero attached hydrogens (tertiary/aromatic N) is 2. The van der Waals surface area contributed by atoms with Crippen LogP contribution >= 0.6 is 0 Å². The molecule has 19 heavy (non-hydrogen) atoms. The summed E-state index contributed by atoms with van der Waals surface area (Å²) < 4.78 is 2.19. The van der Waals surface area contributed by atoms with Crippen LogP contribution in [0.25, 0.3) is 0 Å². The highest BCUT2D eigenvalue weighted by Gasteiger charge is 2.25. The Bertz CT molecular complexity index is 399. The molecular weight excluding hydrogens is 234 g/mol. The number of aryl methyl sites for hydroxylation is 1. The third-order valence-electron chi connectivity index (χ3n) is 3.93. The van der Waals surface area contributed by atoms with Crippen molar-refractivity contribution < 1.29 is 0 Å². The zero-order valence-electron chi connectivity index (χ0n) is 13.8. The van der Waals surface area contributed by atoms with Crippen LogP contribution in [-0.2, 0) is 13.0 Å². The van der Waals surface area contributed by atoms with E-state index < -0.39 is 0 Å². The van der Waals surface area contributed by atoms with Gasteiger partial charge in [0.25, 0.3) is 0 Å². The molecular formula is C16H31N3. The molecule has 0 aromatic carbocycles. The van der Waals surface area contributed by atoms with E-state index in [2.05, 4.69) is 58.5 Å². The van der Waals surface area contributed by atoms with E-state index in [1.165, 1.54) is 23.4 Å². The molecule has 0 bridgehead atoms. The molecule has 110 valence electrons. The van der Waals surface area contributed by atoms with Gasteiger partial charge in [0.2, 0.25) is 0 Å². The molecule has 0 fully saturated rings. The van der Waals surface area contributed by atoms with Crippen LogP contribution in [0.2, 0.25) is 0 Å². The molecule has 1 unspecified atom stereocenters. The Kier molecular flexibility index (Phi) is 5.60. The SMILES string of the molecule is CCCNC(Cn1nc(C)c(CC)c1C)C(C)(C)C. The summed E-state index contributed by atoms with van der Waals surface area (Å²) in [6, 6.07) is 0.454. The predicted octanol–water partition coefficient (Wildman–Crippen LogP) is 3.48. The highest BCUT2D eigenvalue weighted by atomic mass is 15.3. The smallest absolute Gasteiger partial charge is 0.0628 e. The summed E-state index contributed by atoms with van der Waals surface area (Å²) in [6.45, 7) is 17.7. The van der Waals surface area contributed by atoms with Gasteiger partial charge in [-0.1, -0.05) is 34.6 Å². The molecule has 1 N–H and O–H groups in total. The standard InChI is InChI=1S/C16H31N3/c1-8-10-17-15(16(5,6)7)11-19-13(4)14(9-2)12(3)18-19/h15,17H,8-11H2,1-7H3. The Labute approximate surface area is 118 Å². The van der Waals surface area contributed by atoms with Crippen molar-refractivity contribution >= 4 is 0 Å². The zero-order valence-corrected chi connectivity index (χ0v) is 13.8. The Morgan fingerprint density at radius 2 is 1.84 bits per heavy atom. The average molecular weight is 265 g/mol. The first-order chi connectivity index (χ1) is 8.81. The van der Waals surface area contributed by atoms with Crippen LogP contribution in [-0.4, -0.2) is 22.4 Å². The maximum Gasteiger partial charge on any atom is 0.0628 e. The van der Waals surface area contributed by atoms with Crippen molar-refractivity contribution in [2.75, 3.05) is 6.54 Å². The van der Waals surface area contributed by atoms with Crippen molar-refractivity contribution in [2.45, 2.75) is 73.9 Å². The molecule has 3 nitrogen and oxygen atoms in total. The average Bonchev–Trinajstić information content (AvgIpc) is 2.57. The number of hydrogen-bond donors (Lipinski definition) is 1. The molecule has 1 aromatic heterocycles. The van der Waals surface area contributed by atoms with Gasteiger partial charge in [-0.05, 0) is 44.2 Å². The van der Waals surface area contributed by atoms with Crippen LogP contribution in [0.3, 0.4) is 0 Å². The van der Waals surface area contributed by atoms with Crippen LogP contribution in [0.4, 0.5) is 0 Å². The number of aromatic nitrogens is 2. The molecule has 0 aliphatic heterocycles. The fraction of sp³-hybridized carbons (Fsp3) is 0.812. The summed E-state index contributed by atoms with van der Waals surface area (Å²) in [5.74, 6) is 0. The van der Waals surface area contributed by atoms with Gasteiger partial charge in [-0.3, -0.25) is 4.68 Å². The van der Waals surface area contributed by atoms with Gasteiger partial charge in [0.05, 0.1) is 12.2 Å². The summed E-state index contributed by atoms with van der Waals surface area (Å²) in [4.78, 5) is 0. The quantitative estimate of drug-likeness (QED) is 0.853. The largest absolute Gasteiger partial charge is 0.312 e. The van der Waals surface area contributed by atoms with Crippen LogP contribution in [0.15, 0.2) is 0 Å². The van der Waals surface area contributed by atoms with Gasteiger partial charge in [0, 0.05) is 11.7 Å². The van der Waals surface area contributed by atoms with Gasteiger partial charge < -0.3 is 5.32 Å². The summed E-state index contributed by atoms with van der Waals surface area (Å²) >= 11 is 0. The Morgan fingerprint density at radius 3 is 2.26 bits per heavy atom. The van der Waals surface area contributed by atoms with Crippen molar-refractivity contribution in [1.82, 2.24) is 15.1 Å². The van der Waals surface area contributed by atoms with Crippen molar-refractivity contribution in [3.8, 4) is 0 Å². The molecule has 1 atom stereocenters. The lowest BCUT2D eigenvalue weighted by Crippen LogP contribution is -2.44. The number of hydrogen-bond acceptors (Lipinski definition) is 2. The van der Waals surface area contributed by atoms with Crippen molar-refractivity contribution in [2.24, 2.45) is 5.41 Å². The molecule has 0 saturated carbocycles. The minimum absolute atomic E-state index is 0.244. The maximum atomic E-state index is 4.72. The highest BCUT2D eigenvalue weighted by molar-refractivity contribution is 5.24. The van der Waals surface area contributed by atoms with Crippen LogP contribution in [0.1, 0.15) is 58.0 Å². The molecule has 0 spiro atoms. The zero-order chi connectivity index (χ0) is 14.6. The topological polar surface area (TPSA) is 29.9 Å². The molecule has 0 aliphatic carbocycles. The predicted molar refractivity (Wildman–Crippen MR) is 82.6 cm³/mol. The summed E-state index contributed by atoms with van der Waals surface area (Å²) in [7, 11) is 0. The Morgan fingerprint density at radius 1 is 1.21 bits per heavy atom. The molecule has 0 radical (unpaired) electrons. The van der Waals surface area contributed by atoms with E-state index in [0.29, 0.717) is 6.04 Å². The third-order valence-corrected chi connectivity index (χ3v) is 3.93. The first-order valence-corrected chi connectivity index (χ1v) is 7.57. The van der Waals surface area contributed by atoms with Gasteiger partial charge in [-0.25, -0.2) is 0 Å². The summed E-state index contributed by atoms with van der Waals surface area (Å²) in [5, 5.41) is 8.39. The summed E-state index contributed by atoms with van der Waals surface area (Å²) in [5.41, 5.74) is 4.16. The van der Waals surface area contributed by atoms with E-state index in [0.717, 1.165) is 19.5 Å². The van der Waals surface area contributed by atoms with Gasteiger partial charge in [0.1, 0.15) is 0 Å². The van der Waals surface area contributed by atoms with E-state index >= 15 is 0 Å². The van der Waals surface area contributed by atoms with E-state index in [-0.39, 0.29) is 5.41 Å². The highest BCUT2D eigenvalue weighted by Crippen LogP contribution is 2.22. The van der Waals surface area contributed by atoms with E-state index in [4.69, 9.17) is 5.10 Å². The first-order valence-electron chi connectivity index (χ1n) is 7.57. The molecule has 1 rings (SSSR count). The van der Waals surface area contributed by atoms with E-state index in [1.807, 2.05) is 0 Å². The normalized spacial score (nSPS) is 13.8. The first kappa shape index (κ1) is 16.2. The fourth-order valence-electron chi connectivity index (χ4n) is 2.56. The van der Waals surface area contributed by atoms with Crippen molar-refractivity contribution in [3.05, 3.63) is 17.0 Å². The van der Waals surface area contributed by atoms with E-state index in [9.17, 15) is 0 Å². The van der Waals surface area contributed by atoms with Crippen molar-refractivity contribution in [3.63, 3.8) is 0 Å². The maximum absolute atomic E-state index is 4.72. The minimum Gasteiger partial charge on any atom is -0.312 e. The second-order valence-corrected chi connectivity index (χ2v) is 6.56. The lowest BCUT2D eigenvalue weighted by atomic mass is 9.86. The second kappa shape index (κ2) is 6.56. The molecule has 0 saturated heterocycles. The van der Waals surface area contributed by atoms with Gasteiger partial charge in [-0.15, -0.1) is 0 Å². The number of nitrogens with one attached hydrogen (secondary N) is 1. The summed E-state index contributed by atoms with van der Waals surface area (Å²) in [6.07, 6.45) is 2.24. The number of rotatable bonds is 6. The Balaban J connectivity index is 2.90. The Hall–Kier alpha value is -0.830.